The second-order valence-corrected chi connectivity index (χ2v) is 6.67. The van der Waals surface area contributed by atoms with Gasteiger partial charge in [-0.15, -0.1) is 0 Å². The predicted molar refractivity (Wildman–Crippen MR) is 41.6 cm³/mol. The van der Waals surface area contributed by atoms with E-state index in [0.29, 0.717) is 0 Å². The molecule has 0 radical (unpaired) electrons. The van der Waals surface area contributed by atoms with Crippen molar-refractivity contribution in [2.24, 2.45) is 0 Å². The first-order valence-electron chi connectivity index (χ1n) is 4.19. The van der Waals surface area contributed by atoms with Crippen molar-refractivity contribution in [3.8, 4) is 0 Å². The summed E-state index contributed by atoms with van der Waals surface area (Å²) in [5, 5.41) is 0. The Morgan fingerprint density at radius 3 is 2.33 bits per heavy atom. The van der Waals surface area contributed by atoms with Crippen LogP contribution in [0.25, 0.3) is 0 Å². The molecule has 0 aliphatic carbocycles. The number of carbonyl (C=O) groups is 1. The zero-order valence-corrected chi connectivity index (χ0v) is 10.9. The van der Waals surface area contributed by atoms with Crippen molar-refractivity contribution in [2.75, 3.05) is 13.1 Å². The minimum atomic E-state index is -0.355. The summed E-state index contributed by atoms with van der Waals surface area (Å²) in [5.41, 5.74) is -0.355. The predicted octanol–water partition coefficient (Wildman–Crippen LogP) is 1.57. The van der Waals surface area contributed by atoms with Crippen molar-refractivity contribution >= 4 is 6.09 Å². The van der Waals surface area contributed by atoms with Crippen LogP contribution < -0.4 is 0 Å². The van der Waals surface area contributed by atoms with Crippen LogP contribution in [0.15, 0.2) is 0 Å². The quantitative estimate of drug-likeness (QED) is 0.581. The summed E-state index contributed by atoms with van der Waals surface area (Å²) < 4.78 is 5.95. The minimum absolute atomic E-state index is 0.160. The first-order valence-corrected chi connectivity index (χ1v) is 5.91. The molecule has 1 saturated heterocycles. The van der Waals surface area contributed by atoms with Crippen molar-refractivity contribution in [1.82, 2.24) is 4.90 Å². The number of amides is 1. The molecule has 0 atom stereocenters. The van der Waals surface area contributed by atoms with Crippen LogP contribution >= 0.6 is 0 Å². The van der Waals surface area contributed by atoms with Crippen LogP contribution in [-0.4, -0.2) is 29.7 Å². The molecule has 12 heavy (non-hydrogen) atoms. The molecular formula is C8H14NO2Zn+. The number of nitrogens with zero attached hydrogens (tertiary/aromatic N) is 1. The molecule has 0 spiro atoms. The van der Waals surface area contributed by atoms with Crippen molar-refractivity contribution in [3.63, 3.8) is 0 Å². The fourth-order valence-corrected chi connectivity index (χ4v) is 2.35. The van der Waals surface area contributed by atoms with Crippen LogP contribution in [0.3, 0.4) is 0 Å². The van der Waals surface area contributed by atoms with Gasteiger partial charge in [0.1, 0.15) is 0 Å². The summed E-state index contributed by atoms with van der Waals surface area (Å²) in [5.74, 6) is 0. The zero-order valence-electron chi connectivity index (χ0n) is 7.96. The van der Waals surface area contributed by atoms with Crippen LogP contribution in [0.1, 0.15) is 20.8 Å². The molecule has 0 bridgehead atoms. The maximum absolute atomic E-state index is 11.3. The van der Waals surface area contributed by atoms with E-state index in [-0.39, 0.29) is 11.7 Å². The molecule has 1 heterocycles. The average Bonchev–Trinajstić information content (AvgIpc) is 1.76. The summed E-state index contributed by atoms with van der Waals surface area (Å²) in [6, 6.07) is 0. The summed E-state index contributed by atoms with van der Waals surface area (Å²) >= 11 is 1.28. The van der Waals surface area contributed by atoms with Crippen molar-refractivity contribution in [3.05, 3.63) is 0 Å². The molecule has 1 rings (SSSR count). The van der Waals surface area contributed by atoms with E-state index in [1.54, 1.807) is 4.90 Å². The van der Waals surface area contributed by atoms with Crippen LogP contribution in [0.2, 0.25) is 4.51 Å². The number of ether oxygens (including phenoxy) is 1. The molecule has 0 aromatic heterocycles. The molecule has 0 aromatic carbocycles. The van der Waals surface area contributed by atoms with E-state index in [1.165, 1.54) is 18.3 Å². The van der Waals surface area contributed by atoms with E-state index in [9.17, 15) is 4.79 Å². The SMILES string of the molecule is CC(C)(C)OC(=O)N1C[CH]([Zn+])C1. The Hall–Kier alpha value is -0.107. The molecule has 0 unspecified atom stereocenters. The van der Waals surface area contributed by atoms with Gasteiger partial charge in [-0.1, -0.05) is 0 Å². The molecule has 3 nitrogen and oxygen atoms in total. The third-order valence-electron chi connectivity index (χ3n) is 1.61. The number of hydrogen-bond acceptors (Lipinski definition) is 2. The Bertz CT molecular complexity index is 182. The Morgan fingerprint density at radius 1 is 1.50 bits per heavy atom. The van der Waals surface area contributed by atoms with Gasteiger partial charge < -0.3 is 0 Å². The number of hydrogen-bond donors (Lipinski definition) is 0. The van der Waals surface area contributed by atoms with Gasteiger partial charge in [0.05, 0.1) is 0 Å². The topological polar surface area (TPSA) is 29.5 Å². The number of rotatable bonds is 0. The first-order chi connectivity index (χ1) is 5.38. The van der Waals surface area contributed by atoms with Gasteiger partial charge in [0, 0.05) is 0 Å². The van der Waals surface area contributed by atoms with Crippen LogP contribution in [0, 0.1) is 0 Å². The van der Waals surface area contributed by atoms with Crippen LogP contribution in [-0.2, 0) is 23.0 Å². The molecular weight excluding hydrogens is 207 g/mol. The second-order valence-electron chi connectivity index (χ2n) is 4.25. The Labute approximate surface area is 83.1 Å². The monoisotopic (exact) mass is 220 g/mol. The molecule has 0 saturated carbocycles. The molecule has 64 valence electrons. The Morgan fingerprint density at radius 2 is 2.00 bits per heavy atom. The van der Waals surface area contributed by atoms with Crippen molar-refractivity contribution in [2.45, 2.75) is 30.9 Å². The fourth-order valence-electron chi connectivity index (χ4n) is 1.05. The number of carbonyl (C=O) groups excluding carboxylic acids is 1. The van der Waals surface area contributed by atoms with Gasteiger partial charge in [-0.05, 0) is 0 Å². The van der Waals surface area contributed by atoms with Gasteiger partial charge in [0.25, 0.3) is 0 Å². The molecule has 1 aliphatic rings. The van der Waals surface area contributed by atoms with Gasteiger partial charge in [-0.3, -0.25) is 0 Å². The van der Waals surface area contributed by atoms with Gasteiger partial charge >= 0.3 is 82.8 Å². The van der Waals surface area contributed by atoms with Crippen molar-refractivity contribution in [1.29, 1.82) is 0 Å². The second kappa shape index (κ2) is 3.33. The first kappa shape index (κ1) is 9.98. The summed E-state index contributed by atoms with van der Waals surface area (Å²) in [7, 11) is 0. The van der Waals surface area contributed by atoms with Crippen molar-refractivity contribution < 1.29 is 27.8 Å². The molecule has 1 aliphatic heterocycles. The van der Waals surface area contributed by atoms with Gasteiger partial charge in [0.2, 0.25) is 0 Å². The van der Waals surface area contributed by atoms with E-state index in [2.05, 4.69) is 0 Å². The van der Waals surface area contributed by atoms with Crippen LogP contribution in [0.5, 0.6) is 0 Å². The normalized spacial score (nSPS) is 18.9. The van der Waals surface area contributed by atoms with E-state index in [1.807, 2.05) is 20.8 Å². The van der Waals surface area contributed by atoms with E-state index in [4.69, 9.17) is 4.74 Å². The summed E-state index contributed by atoms with van der Waals surface area (Å²) in [4.78, 5) is 13.1. The molecule has 1 amide bonds. The standard InChI is InChI=1S/C8H14NO2.Zn/c1-8(2,3)11-7(10)9-5-4-6-9;/h4H,5-6H2,1-3H3;/q;+1. The third kappa shape index (κ3) is 2.74. The molecule has 0 aromatic rings. The Kier molecular flexibility index (Phi) is 2.77. The van der Waals surface area contributed by atoms with Gasteiger partial charge in [-0.2, -0.15) is 0 Å². The molecule has 1 fully saturated rings. The van der Waals surface area contributed by atoms with Gasteiger partial charge in [-0.25, -0.2) is 0 Å². The fraction of sp³-hybridized carbons (Fsp3) is 0.875. The Balaban J connectivity index is 2.30. The van der Waals surface area contributed by atoms with Gasteiger partial charge in [0.15, 0.2) is 0 Å². The maximum atomic E-state index is 11.3. The molecule has 0 N–H and O–H groups in total. The zero-order chi connectivity index (χ0) is 9.35. The van der Waals surface area contributed by atoms with E-state index in [0.717, 1.165) is 17.6 Å². The summed E-state index contributed by atoms with van der Waals surface area (Å²) in [6.07, 6.45) is -0.160. The third-order valence-corrected chi connectivity index (χ3v) is 2.69. The van der Waals surface area contributed by atoms with E-state index < -0.39 is 0 Å². The van der Waals surface area contributed by atoms with Crippen LogP contribution in [0.4, 0.5) is 4.79 Å². The van der Waals surface area contributed by atoms with E-state index >= 15 is 0 Å². The summed E-state index contributed by atoms with van der Waals surface area (Å²) in [6.45, 7) is 7.47. The average molecular weight is 222 g/mol. The molecule has 4 heteroatoms. The number of likely N-dealkylation sites (tertiary alicyclic amines) is 1.